The van der Waals surface area contributed by atoms with Crippen LogP contribution in [-0.4, -0.2) is 15.0 Å². The molecule has 12 aromatic rings. The van der Waals surface area contributed by atoms with Gasteiger partial charge in [-0.25, -0.2) is 15.0 Å². The van der Waals surface area contributed by atoms with Gasteiger partial charge in [0.05, 0.1) is 0 Å². The van der Waals surface area contributed by atoms with Crippen LogP contribution in [0.2, 0.25) is 0 Å². The normalized spacial score (nSPS) is 11.8. The molecule has 0 saturated carbocycles. The van der Waals surface area contributed by atoms with Crippen LogP contribution in [-0.2, 0) is 0 Å². The number of hydrogen-bond acceptors (Lipinski definition) is 5. The number of nitrogens with zero attached hydrogens (tertiary/aromatic N) is 3. The predicted molar refractivity (Wildman–Crippen MR) is 242 cm³/mol. The van der Waals surface area contributed by atoms with Crippen molar-refractivity contribution in [2.45, 2.75) is 0 Å². The first-order valence-electron chi connectivity index (χ1n) is 19.4. The van der Waals surface area contributed by atoms with E-state index in [1.54, 1.807) is 11.3 Å². The maximum absolute atomic E-state index is 6.31. The van der Waals surface area contributed by atoms with Crippen molar-refractivity contribution in [3.63, 3.8) is 0 Å². The Morgan fingerprint density at radius 2 is 0.845 bits per heavy atom. The summed E-state index contributed by atoms with van der Waals surface area (Å²) in [6.45, 7) is 0. The smallest absolute Gasteiger partial charge is 0.164 e. The van der Waals surface area contributed by atoms with Crippen LogP contribution in [0.1, 0.15) is 0 Å². The number of rotatable bonds is 5. The number of hydrogen-bond donors (Lipinski definition) is 0. The number of para-hydroxylation sites is 1. The molecule has 3 heterocycles. The van der Waals surface area contributed by atoms with Gasteiger partial charge in [0.2, 0.25) is 0 Å². The van der Waals surface area contributed by atoms with Gasteiger partial charge >= 0.3 is 0 Å². The maximum atomic E-state index is 6.31. The molecule has 0 aliphatic heterocycles. The van der Waals surface area contributed by atoms with E-state index in [1.165, 1.54) is 31.1 Å². The van der Waals surface area contributed by atoms with Crippen LogP contribution < -0.4 is 0 Å². The van der Waals surface area contributed by atoms with Crippen molar-refractivity contribution in [3.8, 4) is 56.4 Å². The third kappa shape index (κ3) is 5.18. The molecule has 12 rings (SSSR count). The van der Waals surface area contributed by atoms with Crippen LogP contribution in [0.5, 0.6) is 0 Å². The highest BCUT2D eigenvalue weighted by molar-refractivity contribution is 7.25. The summed E-state index contributed by atoms with van der Waals surface area (Å²) in [5, 5.41) is 9.23. The zero-order chi connectivity index (χ0) is 38.2. The second-order valence-corrected chi connectivity index (χ2v) is 15.8. The van der Waals surface area contributed by atoms with E-state index in [1.807, 2.05) is 12.1 Å². The Labute approximate surface area is 337 Å². The predicted octanol–water partition coefficient (Wildman–Crippen LogP) is 14.8. The van der Waals surface area contributed by atoms with Crippen molar-refractivity contribution in [2.24, 2.45) is 0 Å². The summed E-state index contributed by atoms with van der Waals surface area (Å²) >= 11 is 1.80. The molecule has 58 heavy (non-hydrogen) atoms. The van der Waals surface area contributed by atoms with E-state index < -0.39 is 0 Å². The largest absolute Gasteiger partial charge is 0.456 e. The molecule has 270 valence electrons. The number of benzene rings is 9. The molecule has 0 unspecified atom stereocenters. The van der Waals surface area contributed by atoms with Crippen LogP contribution in [0, 0.1) is 0 Å². The lowest BCUT2D eigenvalue weighted by Gasteiger charge is -2.13. The summed E-state index contributed by atoms with van der Waals surface area (Å²) in [6, 6.07) is 66.2. The van der Waals surface area contributed by atoms with E-state index >= 15 is 0 Å². The Morgan fingerprint density at radius 1 is 0.310 bits per heavy atom. The summed E-state index contributed by atoms with van der Waals surface area (Å²) in [5.74, 6) is 1.91. The van der Waals surface area contributed by atoms with E-state index in [0.717, 1.165) is 71.5 Å². The molecule has 4 nitrogen and oxygen atoms in total. The third-order valence-electron chi connectivity index (χ3n) is 11.4. The fourth-order valence-corrected chi connectivity index (χ4v) is 9.85. The zero-order valence-electron chi connectivity index (χ0n) is 31.1. The van der Waals surface area contributed by atoms with E-state index in [9.17, 15) is 0 Å². The molecular weight excluding hydrogens is 727 g/mol. The zero-order valence-corrected chi connectivity index (χ0v) is 31.9. The van der Waals surface area contributed by atoms with Crippen molar-refractivity contribution in [3.05, 3.63) is 188 Å². The molecule has 0 spiro atoms. The summed E-state index contributed by atoms with van der Waals surface area (Å²) in [5.41, 5.74) is 9.23. The highest BCUT2D eigenvalue weighted by Gasteiger charge is 2.20. The standard InChI is InChI=1S/C53H31N3OS/c1-2-14-35-32(12-1)13-7-17-36(35)33-28-30-34(31-29-33)51-54-52(56-53(55-51)44-23-11-27-48-50(44)43-16-4-6-26-47(43)58-48)41-22-9-18-37-38(19-8-20-39(37)41)40-21-10-25-46-49(40)42-15-3-5-24-45(42)57-46/h1-31H. The van der Waals surface area contributed by atoms with E-state index in [0.29, 0.717) is 17.5 Å². The molecule has 0 aliphatic rings. The highest BCUT2D eigenvalue weighted by atomic mass is 32.1. The first-order valence-corrected chi connectivity index (χ1v) is 20.2. The molecule has 0 amide bonds. The van der Waals surface area contributed by atoms with Crippen LogP contribution >= 0.6 is 11.3 Å². The average molecular weight is 758 g/mol. The maximum Gasteiger partial charge on any atom is 0.164 e. The summed E-state index contributed by atoms with van der Waals surface area (Å²) < 4.78 is 8.75. The third-order valence-corrected chi connectivity index (χ3v) is 12.5. The topological polar surface area (TPSA) is 51.8 Å². The first kappa shape index (κ1) is 32.7. The van der Waals surface area contributed by atoms with Crippen LogP contribution in [0.3, 0.4) is 0 Å². The SMILES string of the molecule is c1ccc2c(-c3ccc(-c4nc(-c5cccc6c(-c7cccc8oc9ccccc9c78)cccc56)nc(-c5cccc6sc7ccccc7c56)n4)cc3)cccc2c1. The van der Waals surface area contributed by atoms with Crippen molar-refractivity contribution in [2.75, 3.05) is 0 Å². The van der Waals surface area contributed by atoms with Crippen molar-refractivity contribution in [1.29, 1.82) is 0 Å². The Morgan fingerprint density at radius 3 is 1.72 bits per heavy atom. The Bertz CT molecular complexity index is 3580. The van der Waals surface area contributed by atoms with Crippen LogP contribution in [0.25, 0.3) is 120 Å². The van der Waals surface area contributed by atoms with Gasteiger partial charge in [-0.2, -0.15) is 0 Å². The van der Waals surface area contributed by atoms with Crippen LogP contribution in [0.4, 0.5) is 0 Å². The van der Waals surface area contributed by atoms with Crippen LogP contribution in [0.15, 0.2) is 192 Å². The van der Waals surface area contributed by atoms with Gasteiger partial charge in [-0.15, -0.1) is 11.3 Å². The highest BCUT2D eigenvalue weighted by Crippen LogP contribution is 2.43. The molecule has 3 aromatic heterocycles. The number of fused-ring (bicyclic) bond motifs is 8. The molecule has 0 saturated heterocycles. The Kier molecular flexibility index (Phi) is 7.37. The van der Waals surface area contributed by atoms with Crippen molar-refractivity contribution in [1.82, 2.24) is 15.0 Å². The average Bonchev–Trinajstić information content (AvgIpc) is 3.87. The molecule has 0 atom stereocenters. The number of thiophene rings is 1. The lowest BCUT2D eigenvalue weighted by Crippen LogP contribution is -2.01. The minimum atomic E-state index is 0.629. The fourth-order valence-electron chi connectivity index (χ4n) is 8.72. The van der Waals surface area contributed by atoms with E-state index in [2.05, 4.69) is 176 Å². The van der Waals surface area contributed by atoms with E-state index in [-0.39, 0.29) is 0 Å². The van der Waals surface area contributed by atoms with Crippen molar-refractivity contribution < 1.29 is 4.42 Å². The first-order chi connectivity index (χ1) is 28.7. The van der Waals surface area contributed by atoms with Gasteiger partial charge in [0.15, 0.2) is 17.5 Å². The number of aromatic nitrogens is 3. The van der Waals surface area contributed by atoms with Gasteiger partial charge in [-0.1, -0.05) is 164 Å². The molecule has 0 fully saturated rings. The second kappa shape index (κ2) is 13.1. The quantitative estimate of drug-likeness (QED) is 0.175. The van der Waals surface area contributed by atoms with Gasteiger partial charge < -0.3 is 4.42 Å². The Hall–Kier alpha value is -7.47. The molecule has 0 N–H and O–H groups in total. The minimum absolute atomic E-state index is 0.629. The monoisotopic (exact) mass is 757 g/mol. The lowest BCUT2D eigenvalue weighted by atomic mass is 9.93. The Balaban J connectivity index is 1.07. The minimum Gasteiger partial charge on any atom is -0.456 e. The summed E-state index contributed by atoms with van der Waals surface area (Å²) in [7, 11) is 0. The van der Waals surface area contributed by atoms with Gasteiger partial charge in [-0.3, -0.25) is 0 Å². The summed E-state index contributed by atoms with van der Waals surface area (Å²) in [4.78, 5) is 15.9. The number of furan rings is 1. The molecule has 5 heteroatoms. The molecule has 9 aromatic carbocycles. The lowest BCUT2D eigenvalue weighted by molar-refractivity contribution is 0.669. The molecular formula is C53H31N3OS. The van der Waals surface area contributed by atoms with Gasteiger partial charge in [0.1, 0.15) is 11.2 Å². The summed E-state index contributed by atoms with van der Waals surface area (Å²) in [6.07, 6.45) is 0. The second-order valence-electron chi connectivity index (χ2n) is 14.7. The van der Waals surface area contributed by atoms with E-state index in [4.69, 9.17) is 19.4 Å². The molecule has 0 aliphatic carbocycles. The fraction of sp³-hybridized carbons (Fsp3) is 0. The molecule has 0 bridgehead atoms. The molecule has 0 radical (unpaired) electrons. The van der Waals surface area contributed by atoms with Gasteiger partial charge in [0, 0.05) is 47.6 Å². The van der Waals surface area contributed by atoms with Crippen molar-refractivity contribution >= 4 is 75.0 Å². The van der Waals surface area contributed by atoms with Gasteiger partial charge in [0.25, 0.3) is 0 Å². The van der Waals surface area contributed by atoms with Gasteiger partial charge in [-0.05, 0) is 68.1 Å².